The number of piperidine rings is 1. The molecule has 2 saturated heterocycles. The molecule has 4 amide bonds. The van der Waals surface area contributed by atoms with Gasteiger partial charge in [0.05, 0.1) is 53.5 Å². The largest absolute Gasteiger partial charge is 0.385 e. The highest BCUT2D eigenvalue weighted by Gasteiger charge is 2.44. The van der Waals surface area contributed by atoms with Crippen molar-refractivity contribution < 1.29 is 23.9 Å². The number of aryl methyl sites for hydroxylation is 1. The summed E-state index contributed by atoms with van der Waals surface area (Å²) in [5.41, 5.74) is 5.90. The van der Waals surface area contributed by atoms with Gasteiger partial charge in [-0.25, -0.2) is 4.98 Å². The zero-order valence-electron chi connectivity index (χ0n) is 26.0. The maximum Gasteiger partial charge on any atom is 0.262 e. The molecule has 13 nitrogen and oxygen atoms in total. The van der Waals surface area contributed by atoms with E-state index in [1.165, 1.54) is 0 Å². The molecule has 0 radical (unpaired) electrons. The third-order valence-electron chi connectivity index (χ3n) is 8.91. The second-order valence-electron chi connectivity index (χ2n) is 12.1. The molecule has 7 rings (SSSR count). The van der Waals surface area contributed by atoms with Gasteiger partial charge in [-0.1, -0.05) is 12.8 Å². The zero-order chi connectivity index (χ0) is 32.3. The quantitative estimate of drug-likeness (QED) is 0.185. The summed E-state index contributed by atoms with van der Waals surface area (Å²) in [5.74, 6) is -2.01. The summed E-state index contributed by atoms with van der Waals surface area (Å²) in [4.78, 5) is 62.5. The summed E-state index contributed by atoms with van der Waals surface area (Å²) >= 11 is 0. The van der Waals surface area contributed by atoms with Crippen molar-refractivity contribution in [3.8, 4) is 11.3 Å². The number of carbonyl (C=O) groups excluding carboxylic acids is 4. The molecule has 4 aromatic rings. The van der Waals surface area contributed by atoms with E-state index in [-0.39, 0.29) is 24.0 Å². The smallest absolute Gasteiger partial charge is 0.262 e. The third-order valence-corrected chi connectivity index (χ3v) is 8.91. The van der Waals surface area contributed by atoms with E-state index in [1.807, 2.05) is 23.1 Å². The van der Waals surface area contributed by atoms with E-state index in [4.69, 9.17) is 9.72 Å². The fourth-order valence-corrected chi connectivity index (χ4v) is 6.34. The average molecular weight is 637 g/mol. The van der Waals surface area contributed by atoms with Gasteiger partial charge in [0.15, 0.2) is 0 Å². The first-order valence-electron chi connectivity index (χ1n) is 16.2. The molecule has 0 bridgehead atoms. The molecule has 47 heavy (non-hydrogen) atoms. The van der Waals surface area contributed by atoms with Crippen LogP contribution in [0.1, 0.15) is 59.2 Å². The predicted octanol–water partition coefficient (Wildman–Crippen LogP) is 3.40. The molecule has 1 unspecified atom stereocenters. The standard InChI is InChI=1S/C34H36N8O5/c43-31-10-9-30(32(44)39-31)42-33(45)25-7-5-23(17-26(25)34(42)46)35-11-3-1-2-4-12-41-21-22(19-37-41)29-20-36-27-8-6-24(18-28(27)38-29)40-13-15-47-16-14-40/h5-8,17-21,30,35H,1-4,9-16H2,(H,39,43,44). The summed E-state index contributed by atoms with van der Waals surface area (Å²) in [6.45, 7) is 4.74. The summed E-state index contributed by atoms with van der Waals surface area (Å²) in [6.07, 6.45) is 9.87. The van der Waals surface area contributed by atoms with Crippen molar-refractivity contribution in [2.45, 2.75) is 51.1 Å². The van der Waals surface area contributed by atoms with Crippen LogP contribution in [0.15, 0.2) is 55.0 Å². The highest BCUT2D eigenvalue weighted by molar-refractivity contribution is 6.23. The normalized spacial score (nSPS) is 18.2. The third kappa shape index (κ3) is 6.43. The van der Waals surface area contributed by atoms with E-state index in [0.29, 0.717) is 0 Å². The molecule has 13 heteroatoms. The Bertz CT molecular complexity index is 1850. The minimum Gasteiger partial charge on any atom is -0.385 e. The van der Waals surface area contributed by atoms with Gasteiger partial charge in [-0.05, 0) is 55.7 Å². The van der Waals surface area contributed by atoms with Crippen LogP contribution in [0.3, 0.4) is 0 Å². The van der Waals surface area contributed by atoms with Crippen molar-refractivity contribution >= 4 is 46.0 Å². The molecular weight excluding hydrogens is 600 g/mol. The lowest BCUT2D eigenvalue weighted by Crippen LogP contribution is -2.54. The number of fused-ring (bicyclic) bond motifs is 2. The predicted molar refractivity (Wildman–Crippen MR) is 174 cm³/mol. The molecule has 3 aliphatic rings. The lowest BCUT2D eigenvalue weighted by Gasteiger charge is -2.28. The van der Waals surface area contributed by atoms with Crippen molar-refractivity contribution in [1.82, 2.24) is 30.0 Å². The maximum atomic E-state index is 13.0. The topological polar surface area (TPSA) is 152 Å². The van der Waals surface area contributed by atoms with Gasteiger partial charge in [-0.3, -0.25) is 39.1 Å². The van der Waals surface area contributed by atoms with E-state index in [0.717, 1.165) is 104 Å². The second-order valence-corrected chi connectivity index (χ2v) is 12.1. The SMILES string of the molecule is O=C1CCC(N2C(=O)c3ccc(NCCCCCCn4cc(-c5cnc6ccc(N7CCOCC7)cc6n5)cn4)cc3C2=O)C(=O)N1. The number of rotatable bonds is 11. The number of benzene rings is 2. The van der Waals surface area contributed by atoms with Crippen molar-refractivity contribution in [3.63, 3.8) is 0 Å². The van der Waals surface area contributed by atoms with Gasteiger partial charge in [0.2, 0.25) is 11.8 Å². The number of ether oxygens (including phenoxy) is 1. The number of nitrogens with zero attached hydrogens (tertiary/aromatic N) is 6. The molecule has 3 aliphatic heterocycles. The van der Waals surface area contributed by atoms with E-state index in [9.17, 15) is 19.2 Å². The zero-order valence-corrected chi connectivity index (χ0v) is 26.0. The highest BCUT2D eigenvalue weighted by Crippen LogP contribution is 2.30. The van der Waals surface area contributed by atoms with Crippen LogP contribution in [0, 0.1) is 0 Å². The Kier molecular flexibility index (Phi) is 8.62. The Hall–Kier alpha value is -5.17. The fraction of sp³-hybridized carbons (Fsp3) is 0.382. The fourth-order valence-electron chi connectivity index (χ4n) is 6.34. The molecule has 2 N–H and O–H groups in total. The number of hydrogen-bond donors (Lipinski definition) is 2. The molecule has 1 atom stereocenters. The van der Waals surface area contributed by atoms with Crippen molar-refractivity contribution in [3.05, 3.63) is 66.1 Å². The van der Waals surface area contributed by atoms with Crippen LogP contribution < -0.4 is 15.5 Å². The van der Waals surface area contributed by atoms with Crippen LogP contribution in [0.2, 0.25) is 0 Å². The van der Waals surface area contributed by atoms with E-state index < -0.39 is 29.7 Å². The molecule has 5 heterocycles. The van der Waals surface area contributed by atoms with Crippen LogP contribution in [-0.4, -0.2) is 87.2 Å². The molecule has 2 aromatic heterocycles. The van der Waals surface area contributed by atoms with Crippen molar-refractivity contribution in [2.24, 2.45) is 0 Å². The first-order chi connectivity index (χ1) is 22.9. The van der Waals surface area contributed by atoms with Crippen molar-refractivity contribution in [2.75, 3.05) is 43.1 Å². The Labute approximate surface area is 271 Å². The molecule has 0 aliphatic carbocycles. The number of imide groups is 2. The van der Waals surface area contributed by atoms with Crippen LogP contribution in [0.25, 0.3) is 22.3 Å². The number of amides is 4. The Morgan fingerprint density at radius 2 is 1.72 bits per heavy atom. The first kappa shape index (κ1) is 30.5. The first-order valence-corrected chi connectivity index (χ1v) is 16.2. The van der Waals surface area contributed by atoms with E-state index >= 15 is 0 Å². The summed E-state index contributed by atoms with van der Waals surface area (Å²) in [6, 6.07) is 10.3. The Morgan fingerprint density at radius 3 is 2.57 bits per heavy atom. The van der Waals surface area contributed by atoms with Crippen LogP contribution in [0.4, 0.5) is 11.4 Å². The van der Waals surface area contributed by atoms with Gasteiger partial charge in [-0.15, -0.1) is 0 Å². The number of morpholine rings is 1. The van der Waals surface area contributed by atoms with Gasteiger partial charge in [-0.2, -0.15) is 5.10 Å². The van der Waals surface area contributed by atoms with E-state index in [2.05, 4.69) is 37.7 Å². The number of carbonyl (C=O) groups is 4. The average Bonchev–Trinajstić information content (AvgIpc) is 3.66. The van der Waals surface area contributed by atoms with E-state index in [1.54, 1.807) is 24.4 Å². The maximum absolute atomic E-state index is 13.0. The molecular formula is C34H36N8O5. The lowest BCUT2D eigenvalue weighted by molar-refractivity contribution is -0.136. The summed E-state index contributed by atoms with van der Waals surface area (Å²) < 4.78 is 7.43. The van der Waals surface area contributed by atoms with Crippen LogP contribution >= 0.6 is 0 Å². The van der Waals surface area contributed by atoms with Gasteiger partial charge in [0.25, 0.3) is 11.8 Å². The van der Waals surface area contributed by atoms with Gasteiger partial charge >= 0.3 is 0 Å². The molecule has 2 fully saturated rings. The number of aromatic nitrogens is 4. The minimum atomic E-state index is -0.966. The van der Waals surface area contributed by atoms with Gasteiger partial charge in [0.1, 0.15) is 6.04 Å². The van der Waals surface area contributed by atoms with Crippen molar-refractivity contribution in [1.29, 1.82) is 0 Å². The minimum absolute atomic E-state index is 0.0944. The second kappa shape index (κ2) is 13.3. The Balaban J connectivity index is 0.861. The number of unbranched alkanes of at least 4 members (excludes halogenated alkanes) is 3. The lowest BCUT2D eigenvalue weighted by atomic mass is 10.0. The Morgan fingerprint density at radius 1 is 0.894 bits per heavy atom. The van der Waals surface area contributed by atoms with Gasteiger partial charge in [0, 0.05) is 55.7 Å². The summed E-state index contributed by atoms with van der Waals surface area (Å²) in [5, 5.41) is 10.1. The number of anilines is 2. The summed E-state index contributed by atoms with van der Waals surface area (Å²) in [7, 11) is 0. The molecule has 0 saturated carbocycles. The van der Waals surface area contributed by atoms with Gasteiger partial charge < -0.3 is 15.0 Å². The molecule has 0 spiro atoms. The van der Waals surface area contributed by atoms with Crippen LogP contribution in [-0.2, 0) is 20.9 Å². The van der Waals surface area contributed by atoms with Crippen LogP contribution in [0.5, 0.6) is 0 Å². The molecule has 242 valence electrons. The number of hydrogen-bond acceptors (Lipinski definition) is 10. The highest BCUT2D eigenvalue weighted by atomic mass is 16.5. The molecule has 2 aromatic carbocycles. The monoisotopic (exact) mass is 636 g/mol. The number of nitrogens with one attached hydrogen (secondary N) is 2.